The van der Waals surface area contributed by atoms with E-state index in [0.29, 0.717) is 24.6 Å². The van der Waals surface area contributed by atoms with Crippen molar-refractivity contribution < 1.29 is 18.7 Å². The van der Waals surface area contributed by atoms with Crippen LogP contribution in [0, 0.1) is 5.82 Å². The first-order chi connectivity index (χ1) is 15.5. The molecule has 0 radical (unpaired) electrons. The number of nitrogens with zero attached hydrogens (tertiary/aromatic N) is 1. The number of amides is 3. The van der Waals surface area contributed by atoms with Crippen LogP contribution in [0.4, 0.5) is 14.9 Å². The largest absolute Gasteiger partial charge is 0.489 e. The van der Waals surface area contributed by atoms with Gasteiger partial charge in [0.1, 0.15) is 18.2 Å². The summed E-state index contributed by atoms with van der Waals surface area (Å²) in [5.74, 6) is 0.0761. The number of ether oxygens (including phenoxy) is 1. The molecule has 7 heteroatoms. The van der Waals surface area contributed by atoms with E-state index in [0.717, 1.165) is 11.1 Å². The molecule has 32 heavy (non-hydrogen) atoms. The summed E-state index contributed by atoms with van der Waals surface area (Å²) in [5, 5.41) is 5.55. The summed E-state index contributed by atoms with van der Waals surface area (Å²) in [5.41, 5.74) is 2.47. The SMILES string of the molecule is CN(Cc1ccccc1)C(=O)NCCC(=O)Nc1cccc(OCc2ccc(F)cc2)c1. The topological polar surface area (TPSA) is 70.7 Å². The number of carbonyl (C=O) groups excluding carboxylic acids is 2. The number of nitrogens with one attached hydrogen (secondary N) is 2. The minimum absolute atomic E-state index is 0.144. The van der Waals surface area contributed by atoms with E-state index in [1.807, 2.05) is 30.3 Å². The monoisotopic (exact) mass is 435 g/mol. The summed E-state index contributed by atoms with van der Waals surface area (Å²) in [7, 11) is 1.71. The molecule has 0 spiro atoms. The highest BCUT2D eigenvalue weighted by molar-refractivity contribution is 5.91. The molecule has 0 aliphatic carbocycles. The second-order valence-corrected chi connectivity index (χ2v) is 7.31. The summed E-state index contributed by atoms with van der Waals surface area (Å²) in [6.45, 7) is 1.01. The smallest absolute Gasteiger partial charge is 0.317 e. The molecule has 0 unspecified atom stereocenters. The Hall–Kier alpha value is -3.87. The lowest BCUT2D eigenvalue weighted by Gasteiger charge is -2.18. The van der Waals surface area contributed by atoms with Gasteiger partial charge in [-0.25, -0.2) is 9.18 Å². The molecule has 0 saturated heterocycles. The van der Waals surface area contributed by atoms with Gasteiger partial charge in [-0.1, -0.05) is 48.5 Å². The van der Waals surface area contributed by atoms with Crippen LogP contribution in [-0.4, -0.2) is 30.4 Å². The first-order valence-corrected chi connectivity index (χ1v) is 10.3. The van der Waals surface area contributed by atoms with Crippen molar-refractivity contribution in [2.45, 2.75) is 19.6 Å². The van der Waals surface area contributed by atoms with Gasteiger partial charge in [-0.05, 0) is 35.4 Å². The summed E-state index contributed by atoms with van der Waals surface area (Å²) < 4.78 is 18.7. The van der Waals surface area contributed by atoms with Crippen molar-refractivity contribution in [1.82, 2.24) is 10.2 Å². The minimum atomic E-state index is -0.294. The molecule has 2 N–H and O–H groups in total. The van der Waals surface area contributed by atoms with Gasteiger partial charge in [0.25, 0.3) is 0 Å². The number of halogens is 1. The van der Waals surface area contributed by atoms with Gasteiger partial charge >= 0.3 is 6.03 Å². The second-order valence-electron chi connectivity index (χ2n) is 7.31. The van der Waals surface area contributed by atoms with Crippen LogP contribution in [0.2, 0.25) is 0 Å². The number of hydrogen-bond acceptors (Lipinski definition) is 3. The lowest BCUT2D eigenvalue weighted by molar-refractivity contribution is -0.116. The molecule has 0 heterocycles. The van der Waals surface area contributed by atoms with E-state index in [2.05, 4.69) is 10.6 Å². The Kier molecular flexibility index (Phi) is 8.20. The molecular formula is C25H26FN3O3. The number of rotatable bonds is 9. The predicted octanol–water partition coefficient (Wildman–Crippen LogP) is 4.57. The van der Waals surface area contributed by atoms with Gasteiger partial charge in [0, 0.05) is 38.3 Å². The van der Waals surface area contributed by atoms with E-state index in [-0.39, 0.29) is 30.7 Å². The van der Waals surface area contributed by atoms with Crippen LogP contribution < -0.4 is 15.4 Å². The molecule has 0 fully saturated rings. The molecule has 3 rings (SSSR count). The molecule has 3 aromatic rings. The molecule has 0 aromatic heterocycles. The zero-order valence-corrected chi connectivity index (χ0v) is 17.9. The highest BCUT2D eigenvalue weighted by Gasteiger charge is 2.10. The Bertz CT molecular complexity index is 1030. The van der Waals surface area contributed by atoms with Gasteiger partial charge in [0.05, 0.1) is 0 Å². The molecule has 0 atom stereocenters. The predicted molar refractivity (Wildman–Crippen MR) is 122 cm³/mol. The Balaban J connectivity index is 1.40. The van der Waals surface area contributed by atoms with Gasteiger partial charge in [0.2, 0.25) is 5.91 Å². The van der Waals surface area contributed by atoms with Crippen LogP contribution in [0.25, 0.3) is 0 Å². The molecule has 0 aliphatic rings. The van der Waals surface area contributed by atoms with Crippen molar-refractivity contribution in [1.29, 1.82) is 0 Å². The molecule has 6 nitrogen and oxygen atoms in total. The van der Waals surface area contributed by atoms with Crippen LogP contribution in [0.3, 0.4) is 0 Å². The van der Waals surface area contributed by atoms with E-state index in [1.165, 1.54) is 12.1 Å². The Morgan fingerprint density at radius 3 is 2.44 bits per heavy atom. The number of carbonyl (C=O) groups is 2. The average molecular weight is 435 g/mol. The maximum atomic E-state index is 13.0. The molecule has 3 amide bonds. The fourth-order valence-corrected chi connectivity index (χ4v) is 2.98. The zero-order valence-electron chi connectivity index (χ0n) is 17.9. The van der Waals surface area contributed by atoms with Gasteiger partial charge in [-0.15, -0.1) is 0 Å². The summed E-state index contributed by atoms with van der Waals surface area (Å²) in [6.07, 6.45) is 0.144. The Morgan fingerprint density at radius 2 is 1.69 bits per heavy atom. The van der Waals surface area contributed by atoms with Crippen LogP contribution in [0.15, 0.2) is 78.9 Å². The average Bonchev–Trinajstić information content (AvgIpc) is 2.79. The first-order valence-electron chi connectivity index (χ1n) is 10.3. The molecular weight excluding hydrogens is 409 g/mol. The summed E-state index contributed by atoms with van der Waals surface area (Å²) >= 11 is 0. The van der Waals surface area contributed by atoms with Gasteiger partial charge in [-0.3, -0.25) is 4.79 Å². The van der Waals surface area contributed by atoms with Crippen molar-refractivity contribution in [2.24, 2.45) is 0 Å². The maximum absolute atomic E-state index is 13.0. The zero-order chi connectivity index (χ0) is 22.8. The van der Waals surface area contributed by atoms with E-state index >= 15 is 0 Å². The third-order valence-corrected chi connectivity index (χ3v) is 4.67. The minimum Gasteiger partial charge on any atom is -0.489 e. The summed E-state index contributed by atoms with van der Waals surface area (Å²) in [6, 6.07) is 22.6. The Morgan fingerprint density at radius 1 is 0.938 bits per heavy atom. The first kappa shape index (κ1) is 22.8. The Labute approximate surface area is 187 Å². The van der Waals surface area contributed by atoms with Crippen molar-refractivity contribution in [3.63, 3.8) is 0 Å². The summed E-state index contributed by atoms with van der Waals surface area (Å²) in [4.78, 5) is 26.0. The van der Waals surface area contributed by atoms with Gasteiger partial charge < -0.3 is 20.3 Å². The third kappa shape index (κ3) is 7.43. The van der Waals surface area contributed by atoms with Crippen LogP contribution in [0.5, 0.6) is 5.75 Å². The van der Waals surface area contributed by atoms with Crippen LogP contribution >= 0.6 is 0 Å². The van der Waals surface area contributed by atoms with E-state index < -0.39 is 0 Å². The van der Waals surface area contributed by atoms with Crippen molar-refractivity contribution in [2.75, 3.05) is 18.9 Å². The highest BCUT2D eigenvalue weighted by atomic mass is 19.1. The molecule has 166 valence electrons. The quantitative estimate of drug-likeness (QED) is 0.517. The van der Waals surface area contributed by atoms with Crippen LogP contribution in [0.1, 0.15) is 17.5 Å². The van der Waals surface area contributed by atoms with Crippen LogP contribution in [-0.2, 0) is 17.9 Å². The fourth-order valence-electron chi connectivity index (χ4n) is 2.98. The molecule has 0 bridgehead atoms. The number of urea groups is 1. The van der Waals surface area contributed by atoms with Gasteiger partial charge in [-0.2, -0.15) is 0 Å². The van der Waals surface area contributed by atoms with Crippen molar-refractivity contribution >= 4 is 17.6 Å². The number of anilines is 1. The standard InChI is InChI=1S/C25H26FN3O3/c1-29(17-19-6-3-2-4-7-19)25(31)27-15-14-24(30)28-22-8-5-9-23(16-22)32-18-20-10-12-21(26)13-11-20/h2-13,16H,14-15,17-18H2,1H3,(H,27,31)(H,28,30). The lowest BCUT2D eigenvalue weighted by atomic mass is 10.2. The lowest BCUT2D eigenvalue weighted by Crippen LogP contribution is -2.38. The van der Waals surface area contributed by atoms with E-state index in [4.69, 9.17) is 4.74 Å². The highest BCUT2D eigenvalue weighted by Crippen LogP contribution is 2.19. The third-order valence-electron chi connectivity index (χ3n) is 4.67. The number of benzene rings is 3. The van der Waals surface area contributed by atoms with E-state index in [1.54, 1.807) is 48.3 Å². The fraction of sp³-hybridized carbons (Fsp3) is 0.200. The molecule has 3 aromatic carbocycles. The second kappa shape index (κ2) is 11.5. The number of hydrogen-bond donors (Lipinski definition) is 2. The molecule has 0 aliphatic heterocycles. The van der Waals surface area contributed by atoms with E-state index in [9.17, 15) is 14.0 Å². The van der Waals surface area contributed by atoms with Crippen molar-refractivity contribution in [3.8, 4) is 5.75 Å². The van der Waals surface area contributed by atoms with Crippen molar-refractivity contribution in [3.05, 3.63) is 95.8 Å². The molecule has 0 saturated carbocycles. The maximum Gasteiger partial charge on any atom is 0.317 e. The normalized spacial score (nSPS) is 10.3. The van der Waals surface area contributed by atoms with Gasteiger partial charge in [0.15, 0.2) is 0 Å².